The van der Waals surface area contributed by atoms with Gasteiger partial charge in [-0.15, -0.1) is 5.10 Å². The van der Waals surface area contributed by atoms with Crippen molar-refractivity contribution in [3.63, 3.8) is 0 Å². The Morgan fingerprint density at radius 1 is 0.830 bits per heavy atom. The molecule has 0 saturated carbocycles. The highest BCUT2D eigenvalue weighted by molar-refractivity contribution is 6.01. The molecule has 2 amide bonds. The number of Topliss-reactive ketones (excluding diaryl/α,β-unsaturated/α-hetero) is 1. The number of rotatable bonds is 19. The number of fused-ring (bicyclic) bond motifs is 5. The minimum atomic E-state index is -0.206. The molecule has 0 bridgehead atoms. The summed E-state index contributed by atoms with van der Waals surface area (Å²) in [6.45, 7) is 11.2. The number of para-hydroxylation sites is 1. The summed E-state index contributed by atoms with van der Waals surface area (Å²) in [5.41, 5.74) is 4.86. The topological polar surface area (TPSA) is 134 Å². The highest BCUT2D eigenvalue weighted by atomic mass is 16.5. The molecule has 0 radical (unpaired) electrons. The van der Waals surface area contributed by atoms with Crippen LogP contribution in [0.25, 0.3) is 22.5 Å². The summed E-state index contributed by atoms with van der Waals surface area (Å²) in [5.74, 6) is -0.364. The van der Waals surface area contributed by atoms with Crippen LogP contribution in [0, 0.1) is 5.92 Å². The third-order valence-corrected chi connectivity index (χ3v) is 7.61. The van der Waals surface area contributed by atoms with Crippen molar-refractivity contribution >= 4 is 23.3 Å². The van der Waals surface area contributed by atoms with E-state index in [1.54, 1.807) is 9.58 Å². The second-order valence-electron chi connectivity index (χ2n) is 11.8. The van der Waals surface area contributed by atoms with Crippen molar-refractivity contribution in [3.8, 4) is 22.5 Å². The lowest BCUT2D eigenvalue weighted by molar-refractivity contribution is -0.127. The normalized spacial score (nSPS) is 12.3. The summed E-state index contributed by atoms with van der Waals surface area (Å²) < 4.78 is 24.0. The molecule has 1 aromatic heterocycles. The number of carbonyl (C=O) groups is 3. The second kappa shape index (κ2) is 18.4. The first-order valence-electron chi connectivity index (χ1n) is 16.3. The second-order valence-corrected chi connectivity index (χ2v) is 11.8. The highest BCUT2D eigenvalue weighted by Crippen LogP contribution is 2.41. The molecule has 254 valence electrons. The van der Waals surface area contributed by atoms with Crippen molar-refractivity contribution in [2.75, 3.05) is 57.7 Å². The van der Waals surface area contributed by atoms with Gasteiger partial charge in [0.1, 0.15) is 12.3 Å². The van der Waals surface area contributed by atoms with E-state index in [-0.39, 0.29) is 49.1 Å². The Balaban J connectivity index is 1.41. The zero-order chi connectivity index (χ0) is 33.6. The Labute approximate surface area is 276 Å². The summed E-state index contributed by atoms with van der Waals surface area (Å²) in [6.07, 6.45) is 0.262. The molecule has 4 rings (SSSR count). The Morgan fingerprint density at radius 2 is 1.53 bits per heavy atom. The molecule has 0 atom stereocenters. The number of benzene rings is 2. The van der Waals surface area contributed by atoms with Crippen LogP contribution in [0.15, 0.2) is 48.5 Å². The number of ketones is 1. The molecule has 12 heteroatoms. The Hall–Kier alpha value is -3.97. The fraction of sp³-hybridized carbons (Fsp3) is 0.514. The SMILES string of the molecule is CC(C)OCCOCCNC(=O)CCC(=O)N1Cc2ccccc2-c2nnn(CCOCCOCC(=O)C(C)C)c2-c2ccccc21. The largest absolute Gasteiger partial charge is 0.377 e. The molecule has 0 spiro atoms. The first-order chi connectivity index (χ1) is 22.8. The van der Waals surface area contributed by atoms with Crippen molar-refractivity contribution in [2.24, 2.45) is 5.92 Å². The molecule has 2 heterocycles. The van der Waals surface area contributed by atoms with Crippen LogP contribution in [0.1, 0.15) is 46.1 Å². The summed E-state index contributed by atoms with van der Waals surface area (Å²) in [4.78, 5) is 39.8. The monoisotopic (exact) mass is 649 g/mol. The smallest absolute Gasteiger partial charge is 0.227 e. The van der Waals surface area contributed by atoms with Gasteiger partial charge in [0, 0.05) is 36.4 Å². The van der Waals surface area contributed by atoms with Gasteiger partial charge in [-0.3, -0.25) is 14.4 Å². The molecule has 1 N–H and O–H groups in total. The van der Waals surface area contributed by atoms with Crippen LogP contribution in [0.3, 0.4) is 0 Å². The van der Waals surface area contributed by atoms with E-state index in [1.807, 2.05) is 76.2 Å². The van der Waals surface area contributed by atoms with E-state index in [2.05, 4.69) is 15.6 Å². The van der Waals surface area contributed by atoms with Gasteiger partial charge in [-0.25, -0.2) is 4.68 Å². The number of ether oxygens (including phenoxy) is 4. The van der Waals surface area contributed by atoms with Gasteiger partial charge < -0.3 is 29.2 Å². The van der Waals surface area contributed by atoms with Gasteiger partial charge in [-0.2, -0.15) is 0 Å². The Bertz CT molecular complexity index is 1470. The van der Waals surface area contributed by atoms with E-state index >= 15 is 0 Å². The molecule has 2 aromatic carbocycles. The fourth-order valence-corrected chi connectivity index (χ4v) is 5.06. The van der Waals surface area contributed by atoms with Gasteiger partial charge in [-0.05, 0) is 25.5 Å². The molecule has 1 aliphatic rings. The number of amides is 2. The van der Waals surface area contributed by atoms with E-state index in [9.17, 15) is 14.4 Å². The lowest BCUT2D eigenvalue weighted by atomic mass is 9.95. The maximum absolute atomic E-state index is 13.8. The average Bonchev–Trinajstić information content (AvgIpc) is 3.47. The van der Waals surface area contributed by atoms with Gasteiger partial charge in [0.05, 0.1) is 70.2 Å². The third-order valence-electron chi connectivity index (χ3n) is 7.61. The van der Waals surface area contributed by atoms with Crippen LogP contribution in [0.2, 0.25) is 0 Å². The fourth-order valence-electron chi connectivity index (χ4n) is 5.06. The quantitative estimate of drug-likeness (QED) is 0.191. The van der Waals surface area contributed by atoms with Crippen LogP contribution in [0.4, 0.5) is 5.69 Å². The number of anilines is 1. The van der Waals surface area contributed by atoms with Gasteiger partial charge in [0.2, 0.25) is 11.8 Å². The van der Waals surface area contributed by atoms with Crippen LogP contribution in [-0.4, -0.2) is 91.5 Å². The van der Waals surface area contributed by atoms with Gasteiger partial charge in [0.15, 0.2) is 5.78 Å². The van der Waals surface area contributed by atoms with E-state index < -0.39 is 0 Å². The molecular weight excluding hydrogens is 602 g/mol. The molecule has 0 fully saturated rings. The zero-order valence-electron chi connectivity index (χ0n) is 27.9. The molecule has 0 saturated heterocycles. The van der Waals surface area contributed by atoms with E-state index in [0.29, 0.717) is 59.3 Å². The molecule has 0 unspecified atom stereocenters. The standard InChI is InChI=1S/C35H47N5O7/c1-25(2)31(41)24-46-20-19-45-18-16-40-35-29-11-7-8-12-30(29)39(23-27-9-5-6-10-28(27)34(35)37-38-40)33(43)14-13-32(42)36-15-17-44-21-22-47-26(3)4/h5-12,25-26H,13-24H2,1-4H3,(H,36,42). The predicted molar refractivity (Wildman–Crippen MR) is 178 cm³/mol. The van der Waals surface area contributed by atoms with Crippen molar-refractivity contribution in [3.05, 3.63) is 54.1 Å². The molecular formula is C35H47N5O7. The van der Waals surface area contributed by atoms with E-state index in [1.165, 1.54) is 0 Å². The van der Waals surface area contributed by atoms with Crippen LogP contribution in [0.5, 0.6) is 0 Å². The van der Waals surface area contributed by atoms with Crippen molar-refractivity contribution in [1.29, 1.82) is 0 Å². The molecule has 3 aromatic rings. The number of aromatic nitrogens is 3. The number of hydrogen-bond acceptors (Lipinski definition) is 9. The number of carbonyl (C=O) groups excluding carboxylic acids is 3. The van der Waals surface area contributed by atoms with Crippen LogP contribution in [-0.2, 0) is 46.4 Å². The highest BCUT2D eigenvalue weighted by Gasteiger charge is 2.29. The molecule has 12 nitrogen and oxygen atoms in total. The molecule has 47 heavy (non-hydrogen) atoms. The average molecular weight is 650 g/mol. The summed E-state index contributed by atoms with van der Waals surface area (Å²) >= 11 is 0. The van der Waals surface area contributed by atoms with E-state index in [4.69, 9.17) is 18.9 Å². The van der Waals surface area contributed by atoms with E-state index in [0.717, 1.165) is 33.8 Å². The summed E-state index contributed by atoms with van der Waals surface area (Å²) in [5, 5.41) is 11.9. The van der Waals surface area contributed by atoms with Crippen LogP contribution < -0.4 is 10.2 Å². The predicted octanol–water partition coefficient (Wildman–Crippen LogP) is 4.06. The van der Waals surface area contributed by atoms with Crippen molar-refractivity contribution < 1.29 is 33.3 Å². The van der Waals surface area contributed by atoms with Crippen molar-refractivity contribution in [2.45, 2.75) is 59.7 Å². The Kier molecular flexibility index (Phi) is 14.0. The molecule has 0 aliphatic carbocycles. The molecule has 1 aliphatic heterocycles. The maximum atomic E-state index is 13.8. The minimum Gasteiger partial charge on any atom is -0.377 e. The summed E-state index contributed by atoms with van der Waals surface area (Å²) in [6, 6.07) is 15.5. The van der Waals surface area contributed by atoms with Gasteiger partial charge in [-0.1, -0.05) is 61.5 Å². The number of nitrogens with zero attached hydrogens (tertiary/aromatic N) is 4. The first-order valence-corrected chi connectivity index (χ1v) is 16.3. The van der Waals surface area contributed by atoms with Crippen LogP contribution >= 0.6 is 0 Å². The van der Waals surface area contributed by atoms with Gasteiger partial charge >= 0.3 is 0 Å². The summed E-state index contributed by atoms with van der Waals surface area (Å²) in [7, 11) is 0. The van der Waals surface area contributed by atoms with Crippen molar-refractivity contribution in [1.82, 2.24) is 20.3 Å². The number of hydrogen-bond donors (Lipinski definition) is 1. The zero-order valence-corrected chi connectivity index (χ0v) is 27.9. The first kappa shape index (κ1) is 35.9. The minimum absolute atomic E-state index is 0.0501. The lowest BCUT2D eigenvalue weighted by Crippen LogP contribution is -2.34. The van der Waals surface area contributed by atoms with Gasteiger partial charge in [0.25, 0.3) is 0 Å². The number of nitrogens with one attached hydrogen (secondary N) is 1. The Morgan fingerprint density at radius 3 is 2.32 bits per heavy atom. The maximum Gasteiger partial charge on any atom is 0.227 e. The lowest BCUT2D eigenvalue weighted by Gasteiger charge is -2.28. The third kappa shape index (κ3) is 10.5.